The minimum absolute atomic E-state index is 0.107. The van der Waals surface area contributed by atoms with Gasteiger partial charge in [-0.15, -0.1) is 0 Å². The Labute approximate surface area is 116 Å². The van der Waals surface area contributed by atoms with Crippen LogP contribution in [0, 0.1) is 0 Å². The second kappa shape index (κ2) is 5.00. The Bertz CT molecular complexity index is 515. The van der Waals surface area contributed by atoms with Crippen LogP contribution < -0.4 is 15.8 Å². The molecule has 1 saturated heterocycles. The lowest BCUT2D eigenvalue weighted by atomic mass is 10.1. The number of halogens is 1. The van der Waals surface area contributed by atoms with Crippen LogP contribution in [0.4, 0.5) is 5.69 Å². The lowest BCUT2D eigenvalue weighted by molar-refractivity contribution is -0.116. The van der Waals surface area contributed by atoms with E-state index in [0.29, 0.717) is 35.2 Å². The molecular weight excluding hydrogens is 268 g/mol. The number of nitrogens with two attached hydrogens (primary N) is 1. The first-order valence-electron chi connectivity index (χ1n) is 6.29. The molecule has 1 aromatic rings. The number of carbonyl (C=O) groups is 1. The van der Waals surface area contributed by atoms with Crippen molar-refractivity contribution in [2.24, 2.45) is 5.73 Å². The van der Waals surface area contributed by atoms with Crippen LogP contribution in [0.3, 0.4) is 0 Å². The molecule has 0 aliphatic carbocycles. The summed E-state index contributed by atoms with van der Waals surface area (Å²) in [7, 11) is 0. The van der Waals surface area contributed by atoms with E-state index in [4.69, 9.17) is 26.8 Å². The highest BCUT2D eigenvalue weighted by Gasteiger charge is 2.29. The molecule has 1 unspecified atom stereocenters. The second-order valence-corrected chi connectivity index (χ2v) is 5.17. The van der Waals surface area contributed by atoms with E-state index in [2.05, 4.69) is 5.32 Å². The van der Waals surface area contributed by atoms with Gasteiger partial charge in [0.1, 0.15) is 17.9 Å². The van der Waals surface area contributed by atoms with Gasteiger partial charge in [-0.25, -0.2) is 0 Å². The third kappa shape index (κ3) is 2.41. The number of benzene rings is 1. The molecule has 1 atom stereocenters. The van der Waals surface area contributed by atoms with Crippen molar-refractivity contribution < 1.29 is 14.3 Å². The van der Waals surface area contributed by atoms with Crippen LogP contribution in [0.25, 0.3) is 0 Å². The van der Waals surface area contributed by atoms with Gasteiger partial charge in [-0.3, -0.25) is 4.79 Å². The Morgan fingerprint density at radius 1 is 1.37 bits per heavy atom. The van der Waals surface area contributed by atoms with Crippen molar-refractivity contribution >= 4 is 23.2 Å². The van der Waals surface area contributed by atoms with E-state index in [1.54, 1.807) is 12.1 Å². The first-order valence-corrected chi connectivity index (χ1v) is 6.67. The Morgan fingerprint density at radius 3 is 2.84 bits per heavy atom. The number of carbonyl (C=O) groups excluding carboxylic acids is 1. The summed E-state index contributed by atoms with van der Waals surface area (Å²) in [6, 6.07) is 2.80. The van der Waals surface area contributed by atoms with E-state index in [1.807, 2.05) is 0 Å². The summed E-state index contributed by atoms with van der Waals surface area (Å²) in [5, 5.41) is 3.21. The highest BCUT2D eigenvalue weighted by atomic mass is 35.5. The normalized spacial score (nSPS) is 23.1. The monoisotopic (exact) mass is 282 g/mol. The largest absolute Gasteiger partial charge is 0.489 e. The Kier molecular flexibility index (Phi) is 3.35. The molecule has 2 heterocycles. The van der Waals surface area contributed by atoms with E-state index in [0.717, 1.165) is 12.8 Å². The molecule has 3 rings (SSSR count). The molecule has 0 bridgehead atoms. The predicted octanol–water partition coefficient (Wildman–Crippen LogP) is 1.85. The third-order valence-corrected chi connectivity index (χ3v) is 3.74. The minimum atomic E-state index is -0.648. The summed E-state index contributed by atoms with van der Waals surface area (Å²) in [5.74, 6) is 0.371. The van der Waals surface area contributed by atoms with E-state index in [9.17, 15) is 4.79 Å². The summed E-state index contributed by atoms with van der Waals surface area (Å²) >= 11 is 6.19. The van der Waals surface area contributed by atoms with Crippen molar-refractivity contribution in [1.29, 1.82) is 0 Å². The fourth-order valence-electron chi connectivity index (χ4n) is 2.35. The van der Waals surface area contributed by atoms with Crippen molar-refractivity contribution in [2.45, 2.75) is 25.0 Å². The molecule has 1 aromatic carbocycles. The van der Waals surface area contributed by atoms with E-state index < -0.39 is 6.04 Å². The fraction of sp³-hybridized carbons (Fsp3) is 0.462. The van der Waals surface area contributed by atoms with Gasteiger partial charge in [-0.2, -0.15) is 0 Å². The maximum absolute atomic E-state index is 11.5. The van der Waals surface area contributed by atoms with Gasteiger partial charge in [-0.1, -0.05) is 11.6 Å². The molecule has 0 radical (unpaired) electrons. The first-order chi connectivity index (χ1) is 9.15. The number of amides is 1. The van der Waals surface area contributed by atoms with Gasteiger partial charge in [0.05, 0.1) is 18.2 Å². The maximum Gasteiger partial charge on any atom is 0.245 e. The molecule has 6 heteroatoms. The Morgan fingerprint density at radius 2 is 2.11 bits per heavy atom. The van der Waals surface area contributed by atoms with Crippen molar-refractivity contribution in [1.82, 2.24) is 0 Å². The molecule has 2 aliphatic heterocycles. The minimum Gasteiger partial charge on any atom is -0.489 e. The number of hydrogen-bond donors (Lipinski definition) is 2. The summed E-state index contributed by atoms with van der Waals surface area (Å²) in [6.07, 6.45) is 1.80. The average Bonchev–Trinajstić information content (AvgIpc) is 2.67. The molecule has 1 amide bonds. The topological polar surface area (TPSA) is 73.6 Å². The molecular formula is C13H15ClN2O3. The second-order valence-electron chi connectivity index (χ2n) is 4.77. The summed E-state index contributed by atoms with van der Waals surface area (Å²) in [5.41, 5.74) is 7.17. The quantitative estimate of drug-likeness (QED) is 0.868. The summed E-state index contributed by atoms with van der Waals surface area (Å²) in [6.45, 7) is 1.41. The molecule has 3 N–H and O–H groups in total. The molecule has 0 aromatic heterocycles. The molecule has 1 fully saturated rings. The zero-order valence-electron chi connectivity index (χ0n) is 10.3. The summed E-state index contributed by atoms with van der Waals surface area (Å²) < 4.78 is 11.2. The molecule has 2 aliphatic rings. The van der Waals surface area contributed by atoms with E-state index in [-0.39, 0.29) is 12.0 Å². The number of anilines is 1. The van der Waals surface area contributed by atoms with Crippen molar-refractivity contribution in [3.05, 3.63) is 22.7 Å². The third-order valence-electron chi connectivity index (χ3n) is 3.44. The lowest BCUT2D eigenvalue weighted by Gasteiger charge is -2.24. The number of ether oxygens (including phenoxy) is 2. The maximum atomic E-state index is 11.5. The molecule has 0 saturated carbocycles. The van der Waals surface area contributed by atoms with Crippen LogP contribution in [-0.4, -0.2) is 25.2 Å². The van der Waals surface area contributed by atoms with Gasteiger partial charge in [0.25, 0.3) is 0 Å². The highest BCUT2D eigenvalue weighted by Crippen LogP contribution is 2.38. The van der Waals surface area contributed by atoms with Gasteiger partial charge in [0.15, 0.2) is 0 Å². The predicted molar refractivity (Wildman–Crippen MR) is 71.5 cm³/mol. The highest BCUT2D eigenvalue weighted by molar-refractivity contribution is 6.32. The number of rotatable bonds is 2. The Hall–Kier alpha value is -1.30. The SMILES string of the molecule is NC1C(=O)Nc2cc(OC3CCOCC3)c(Cl)cc21. The van der Waals surface area contributed by atoms with Gasteiger partial charge < -0.3 is 20.5 Å². The van der Waals surface area contributed by atoms with Crippen LogP contribution >= 0.6 is 11.6 Å². The van der Waals surface area contributed by atoms with Crippen LogP contribution in [0.5, 0.6) is 5.75 Å². The first kappa shape index (κ1) is 12.7. The van der Waals surface area contributed by atoms with Crippen LogP contribution in [0.15, 0.2) is 12.1 Å². The fourth-order valence-corrected chi connectivity index (χ4v) is 2.57. The van der Waals surface area contributed by atoms with E-state index in [1.165, 1.54) is 0 Å². The van der Waals surface area contributed by atoms with Crippen LogP contribution in [0.2, 0.25) is 5.02 Å². The average molecular weight is 283 g/mol. The van der Waals surface area contributed by atoms with Crippen LogP contribution in [-0.2, 0) is 9.53 Å². The zero-order chi connectivity index (χ0) is 13.4. The number of fused-ring (bicyclic) bond motifs is 1. The molecule has 0 spiro atoms. The van der Waals surface area contributed by atoms with Gasteiger partial charge in [0, 0.05) is 30.2 Å². The number of nitrogens with one attached hydrogen (secondary N) is 1. The van der Waals surface area contributed by atoms with Gasteiger partial charge in [0.2, 0.25) is 5.91 Å². The van der Waals surface area contributed by atoms with Gasteiger partial charge >= 0.3 is 0 Å². The standard InChI is InChI=1S/C13H15ClN2O3/c14-9-5-8-10(16-13(17)12(8)15)6-11(9)19-7-1-3-18-4-2-7/h5-7,12H,1-4,15H2,(H,16,17). The van der Waals surface area contributed by atoms with E-state index >= 15 is 0 Å². The molecule has 5 nitrogen and oxygen atoms in total. The lowest BCUT2D eigenvalue weighted by Crippen LogP contribution is -2.26. The van der Waals surface area contributed by atoms with Crippen molar-refractivity contribution in [3.63, 3.8) is 0 Å². The number of hydrogen-bond acceptors (Lipinski definition) is 4. The molecule has 102 valence electrons. The van der Waals surface area contributed by atoms with Gasteiger partial charge in [-0.05, 0) is 6.07 Å². The Balaban J connectivity index is 1.83. The zero-order valence-corrected chi connectivity index (χ0v) is 11.1. The molecule has 19 heavy (non-hydrogen) atoms. The smallest absolute Gasteiger partial charge is 0.245 e. The van der Waals surface area contributed by atoms with Crippen molar-refractivity contribution in [2.75, 3.05) is 18.5 Å². The summed E-state index contributed by atoms with van der Waals surface area (Å²) in [4.78, 5) is 11.5. The van der Waals surface area contributed by atoms with Crippen molar-refractivity contribution in [3.8, 4) is 5.75 Å². The van der Waals surface area contributed by atoms with Crippen LogP contribution in [0.1, 0.15) is 24.4 Å².